The van der Waals surface area contributed by atoms with Gasteiger partial charge in [-0.25, -0.2) is 0 Å². The average molecular weight is 370 g/mol. The molecule has 9 heteroatoms. The van der Waals surface area contributed by atoms with E-state index in [0.717, 1.165) is 0 Å². The summed E-state index contributed by atoms with van der Waals surface area (Å²) in [5.41, 5.74) is 0. The Morgan fingerprint density at radius 3 is 0.444 bits per heavy atom. The molecule has 0 rings (SSSR count). The summed E-state index contributed by atoms with van der Waals surface area (Å²) in [6, 6.07) is 0. The van der Waals surface area contributed by atoms with Gasteiger partial charge >= 0.3 is 31.1 Å². The molecular formula is H4O8U. The van der Waals surface area contributed by atoms with Gasteiger partial charge in [0.15, 0.2) is 0 Å². The van der Waals surface area contributed by atoms with Gasteiger partial charge in [0.25, 0.3) is 0 Å². The van der Waals surface area contributed by atoms with Crippen LogP contribution in [-0.4, -0.2) is 11.0 Å². The minimum Gasteiger partial charge on any atom is -1.00 e. The first-order chi connectivity index (χ1) is 3.00. The first-order valence-electron chi connectivity index (χ1n) is 0.500. The Morgan fingerprint density at radius 1 is 0.444 bits per heavy atom. The number of rotatable bonds is 0. The molecule has 0 atom stereocenters. The molecule has 0 bridgehead atoms. The summed E-state index contributed by atoms with van der Waals surface area (Å²) in [5, 5.41) is 42.0. The predicted molar refractivity (Wildman–Crippen MR) is 7.23 cm³/mol. The van der Waals surface area contributed by atoms with Gasteiger partial charge in [0.05, 0.1) is 0 Å². The third-order valence-corrected chi connectivity index (χ3v) is 0. The van der Waals surface area contributed by atoms with E-state index in [1.807, 2.05) is 0 Å². The van der Waals surface area contributed by atoms with Crippen molar-refractivity contribution in [1.82, 2.24) is 0 Å². The molecule has 0 heterocycles. The van der Waals surface area contributed by atoms with Crippen LogP contribution in [0.5, 0.6) is 0 Å². The fourth-order valence-corrected chi connectivity index (χ4v) is 0. The van der Waals surface area contributed by atoms with Gasteiger partial charge in [0.2, 0.25) is 0 Å². The molecule has 0 aromatic carbocycles. The molecule has 0 amide bonds. The van der Waals surface area contributed by atoms with Gasteiger partial charge in [-0.15, -0.1) is 0 Å². The van der Waals surface area contributed by atoms with E-state index in [1.165, 1.54) is 0 Å². The number of hydrogen-bond donors (Lipinski definition) is 0. The molecule has 0 saturated carbocycles. The van der Waals surface area contributed by atoms with Crippen molar-refractivity contribution >= 4 is 0 Å². The Balaban J connectivity index is -0.00000000321. The summed E-state index contributed by atoms with van der Waals surface area (Å²) >= 11 is 0. The van der Waals surface area contributed by atoms with Crippen LogP contribution >= 0.6 is 0 Å². The Bertz CT molecular complexity index is 4.53. The van der Waals surface area contributed by atoms with Gasteiger partial charge < -0.3 is 42.5 Å². The van der Waals surface area contributed by atoms with Gasteiger partial charge in [-0.3, -0.25) is 0 Å². The van der Waals surface area contributed by atoms with Crippen LogP contribution in [0, 0.1) is 31.1 Å². The fourth-order valence-electron chi connectivity index (χ4n) is 0. The van der Waals surface area contributed by atoms with E-state index in [9.17, 15) is 0 Å². The second-order valence-corrected chi connectivity index (χ2v) is 0. The molecule has 0 aliphatic carbocycles. The monoisotopic (exact) mass is 370 g/mol. The van der Waals surface area contributed by atoms with E-state index >= 15 is 0 Å². The maximum Gasteiger partial charge on any atom is 6.00 e. The molecule has 0 fully saturated rings. The standard InChI is InChI=1S/3O2.2H2O.U/c3*1-2;;;/h;;;2*1H2;/q3*-2;;;+6. The second-order valence-electron chi connectivity index (χ2n) is 0. The van der Waals surface area contributed by atoms with E-state index in [1.54, 1.807) is 0 Å². The van der Waals surface area contributed by atoms with Crippen molar-refractivity contribution in [3.63, 3.8) is 0 Å². The van der Waals surface area contributed by atoms with Gasteiger partial charge in [-0.2, -0.15) is 0 Å². The van der Waals surface area contributed by atoms with Crippen molar-refractivity contribution in [2.24, 2.45) is 0 Å². The van der Waals surface area contributed by atoms with Crippen LogP contribution < -0.4 is 31.5 Å². The zero-order valence-electron chi connectivity index (χ0n) is 3.95. The van der Waals surface area contributed by atoms with E-state index in [-0.39, 0.29) is 42.1 Å². The van der Waals surface area contributed by atoms with Gasteiger partial charge in [0.1, 0.15) is 0 Å². The smallest absolute Gasteiger partial charge is 1.00 e. The zero-order chi connectivity index (χ0) is 6.00. The van der Waals surface area contributed by atoms with Crippen molar-refractivity contribution in [3.8, 4) is 0 Å². The SMILES string of the molecule is O.O.[O-][O-].[O-][O-].[O-][O-].[U+6]. The largest absolute Gasteiger partial charge is 6.00 e. The molecule has 0 unspecified atom stereocenters. The van der Waals surface area contributed by atoms with Crippen molar-refractivity contribution < 1.29 is 73.6 Å². The van der Waals surface area contributed by atoms with Crippen molar-refractivity contribution in [3.05, 3.63) is 0 Å². The summed E-state index contributed by atoms with van der Waals surface area (Å²) < 4.78 is 0. The van der Waals surface area contributed by atoms with Crippen LogP contribution in [0.4, 0.5) is 0 Å². The van der Waals surface area contributed by atoms with Crippen molar-refractivity contribution in [2.75, 3.05) is 0 Å². The summed E-state index contributed by atoms with van der Waals surface area (Å²) in [4.78, 5) is 0. The summed E-state index contributed by atoms with van der Waals surface area (Å²) in [7, 11) is 0. The van der Waals surface area contributed by atoms with Crippen molar-refractivity contribution in [1.29, 1.82) is 0 Å². The molecule has 0 aliphatic rings. The van der Waals surface area contributed by atoms with Crippen molar-refractivity contribution in [2.45, 2.75) is 0 Å². The van der Waals surface area contributed by atoms with E-state index in [0.29, 0.717) is 0 Å². The Kier molecular flexibility index (Phi) is 5770. The van der Waals surface area contributed by atoms with Gasteiger partial charge in [-0.05, 0) is 0 Å². The predicted octanol–water partition coefficient (Wildman–Crippen LogP) is -8.78. The van der Waals surface area contributed by atoms with E-state index < -0.39 is 0 Å². The van der Waals surface area contributed by atoms with Crippen LogP contribution in [0.1, 0.15) is 0 Å². The van der Waals surface area contributed by atoms with Crippen LogP contribution in [0.2, 0.25) is 0 Å². The summed E-state index contributed by atoms with van der Waals surface area (Å²) in [6.45, 7) is 0. The molecule has 0 aromatic rings. The zero-order valence-corrected chi connectivity index (χ0v) is 8.11. The van der Waals surface area contributed by atoms with Crippen LogP contribution in [0.15, 0.2) is 0 Å². The normalized spacial score (nSPS) is 2.00. The molecule has 0 aromatic heterocycles. The van der Waals surface area contributed by atoms with Gasteiger partial charge in [-0.1, -0.05) is 0 Å². The van der Waals surface area contributed by atoms with Crippen LogP contribution in [-0.2, 0) is 0 Å². The van der Waals surface area contributed by atoms with Gasteiger partial charge in [0, 0.05) is 0 Å². The topological polar surface area (TPSA) is 201 Å². The third-order valence-electron chi connectivity index (χ3n) is 0. The Hall–Kier alpha value is 0.732. The molecule has 56 valence electrons. The van der Waals surface area contributed by atoms with E-state index in [4.69, 9.17) is 31.5 Å². The first kappa shape index (κ1) is 53.3. The molecule has 8 nitrogen and oxygen atoms in total. The molecular weight excluding hydrogens is 366 g/mol. The second kappa shape index (κ2) is 974. The van der Waals surface area contributed by atoms with E-state index in [2.05, 4.69) is 0 Å². The van der Waals surface area contributed by atoms with Crippen LogP contribution in [0.25, 0.3) is 0 Å². The third kappa shape index (κ3) is 739. The first-order valence-corrected chi connectivity index (χ1v) is 0.500. The average Bonchev–Trinajstić information content (AvgIpc) is 1.81. The summed E-state index contributed by atoms with van der Waals surface area (Å²) in [5.74, 6) is 0. The molecule has 0 saturated heterocycles. The fraction of sp³-hybridized carbons (Fsp3) is 0. The minimum absolute atomic E-state index is 0. The Morgan fingerprint density at radius 2 is 0.444 bits per heavy atom. The van der Waals surface area contributed by atoms with Crippen LogP contribution in [0.3, 0.4) is 0 Å². The molecule has 9 heavy (non-hydrogen) atoms. The molecule has 0 radical (unpaired) electrons. The molecule has 0 spiro atoms. The summed E-state index contributed by atoms with van der Waals surface area (Å²) in [6.07, 6.45) is 0. The number of hydrogen-bond acceptors (Lipinski definition) is 6. The maximum atomic E-state index is 7.00. The maximum absolute atomic E-state index is 7.00. The minimum atomic E-state index is 0. The molecule has 0 aliphatic heterocycles. The molecule has 4 N–H and O–H groups in total. The Labute approximate surface area is 73.8 Å². The quantitative estimate of drug-likeness (QED) is 0.299.